The van der Waals surface area contributed by atoms with Crippen LogP contribution in [0.5, 0.6) is 0 Å². The van der Waals surface area contributed by atoms with Crippen molar-refractivity contribution in [1.29, 1.82) is 0 Å². The second-order valence-corrected chi connectivity index (χ2v) is 5.80. The van der Waals surface area contributed by atoms with Crippen molar-refractivity contribution in [3.05, 3.63) is 0 Å². The largest absolute Gasteiger partial charge is 0.389 e. The van der Waals surface area contributed by atoms with E-state index in [2.05, 4.69) is 32.6 Å². The van der Waals surface area contributed by atoms with Crippen molar-refractivity contribution >= 4 is 0 Å². The maximum atomic E-state index is 10.3. The Labute approximate surface area is 106 Å². The molecule has 1 aliphatic rings. The molecular formula is C14H29NO2. The molecule has 3 nitrogen and oxygen atoms in total. The fourth-order valence-corrected chi connectivity index (χ4v) is 2.30. The van der Waals surface area contributed by atoms with Crippen LogP contribution in [0.3, 0.4) is 0 Å². The van der Waals surface area contributed by atoms with Crippen molar-refractivity contribution in [2.45, 2.75) is 58.7 Å². The summed E-state index contributed by atoms with van der Waals surface area (Å²) in [5, 5.41) is 10.3. The quantitative estimate of drug-likeness (QED) is 0.744. The molecule has 1 aliphatic heterocycles. The molecule has 0 radical (unpaired) electrons. The molecule has 0 amide bonds. The maximum Gasteiger partial charge on any atom is 0.0768 e. The molecule has 0 aromatic heterocycles. The van der Waals surface area contributed by atoms with E-state index in [0.29, 0.717) is 12.0 Å². The number of aliphatic hydroxyl groups is 1. The minimum absolute atomic E-state index is 0.371. The van der Waals surface area contributed by atoms with Crippen molar-refractivity contribution in [2.24, 2.45) is 5.92 Å². The highest BCUT2D eigenvalue weighted by Gasteiger charge is 2.30. The number of ether oxygens (including phenoxy) is 1. The van der Waals surface area contributed by atoms with Gasteiger partial charge in [0.25, 0.3) is 0 Å². The molecule has 0 bridgehead atoms. The SMILES string of the molecule is CCC(O)(CC)CN1CCC(OCC(C)C)C1. The molecule has 1 saturated heterocycles. The first-order valence-electron chi connectivity index (χ1n) is 7.05. The van der Waals surface area contributed by atoms with Crippen LogP contribution in [0.1, 0.15) is 47.0 Å². The molecule has 3 heteroatoms. The van der Waals surface area contributed by atoms with Crippen LogP contribution in [-0.4, -0.2) is 48.0 Å². The highest BCUT2D eigenvalue weighted by atomic mass is 16.5. The van der Waals surface area contributed by atoms with Crippen LogP contribution >= 0.6 is 0 Å². The van der Waals surface area contributed by atoms with Gasteiger partial charge in [-0.1, -0.05) is 27.7 Å². The molecule has 0 aliphatic carbocycles. The number of hydrogen-bond donors (Lipinski definition) is 1. The summed E-state index contributed by atoms with van der Waals surface area (Å²) < 4.78 is 5.85. The monoisotopic (exact) mass is 243 g/mol. The lowest BCUT2D eigenvalue weighted by Gasteiger charge is -2.30. The molecule has 17 heavy (non-hydrogen) atoms. The number of hydrogen-bond acceptors (Lipinski definition) is 3. The van der Waals surface area contributed by atoms with Gasteiger partial charge in [0.1, 0.15) is 0 Å². The fraction of sp³-hybridized carbons (Fsp3) is 1.00. The van der Waals surface area contributed by atoms with Gasteiger partial charge in [-0.05, 0) is 25.2 Å². The number of rotatable bonds is 7. The third-order valence-corrected chi connectivity index (χ3v) is 3.73. The maximum absolute atomic E-state index is 10.3. The third kappa shape index (κ3) is 4.94. The molecule has 1 unspecified atom stereocenters. The molecule has 1 fully saturated rings. The van der Waals surface area contributed by atoms with Crippen LogP contribution in [0.2, 0.25) is 0 Å². The van der Waals surface area contributed by atoms with Crippen LogP contribution in [0.15, 0.2) is 0 Å². The topological polar surface area (TPSA) is 32.7 Å². The van der Waals surface area contributed by atoms with E-state index in [1.807, 2.05) is 0 Å². The van der Waals surface area contributed by atoms with E-state index in [9.17, 15) is 5.11 Å². The van der Waals surface area contributed by atoms with Gasteiger partial charge in [0, 0.05) is 26.2 Å². The summed E-state index contributed by atoms with van der Waals surface area (Å²) in [6.45, 7) is 12.2. The molecule has 0 aromatic rings. The fourth-order valence-electron chi connectivity index (χ4n) is 2.30. The van der Waals surface area contributed by atoms with Crippen molar-refractivity contribution < 1.29 is 9.84 Å². The van der Waals surface area contributed by atoms with Crippen LogP contribution in [-0.2, 0) is 4.74 Å². The summed E-state index contributed by atoms with van der Waals surface area (Å²) in [4.78, 5) is 2.35. The van der Waals surface area contributed by atoms with Crippen LogP contribution in [0, 0.1) is 5.92 Å². The van der Waals surface area contributed by atoms with Crippen LogP contribution < -0.4 is 0 Å². The average molecular weight is 243 g/mol. The number of β-amino-alcohol motifs (C(OH)–C–C–N with tert-alkyl or cyclic N) is 1. The van der Waals surface area contributed by atoms with Crippen molar-refractivity contribution in [2.75, 3.05) is 26.2 Å². The Hall–Kier alpha value is -0.120. The van der Waals surface area contributed by atoms with E-state index in [0.717, 1.165) is 45.5 Å². The second kappa shape index (κ2) is 6.72. The molecule has 1 rings (SSSR count). The van der Waals surface area contributed by atoms with Gasteiger partial charge in [-0.15, -0.1) is 0 Å². The lowest BCUT2D eigenvalue weighted by atomic mass is 9.97. The third-order valence-electron chi connectivity index (χ3n) is 3.73. The molecule has 1 N–H and O–H groups in total. The van der Waals surface area contributed by atoms with Crippen LogP contribution in [0.4, 0.5) is 0 Å². The molecule has 1 heterocycles. The van der Waals surface area contributed by atoms with Gasteiger partial charge in [0.2, 0.25) is 0 Å². The Morgan fingerprint density at radius 1 is 1.35 bits per heavy atom. The van der Waals surface area contributed by atoms with E-state index in [1.54, 1.807) is 0 Å². The van der Waals surface area contributed by atoms with Gasteiger partial charge in [0.15, 0.2) is 0 Å². The minimum atomic E-state index is -0.507. The van der Waals surface area contributed by atoms with E-state index < -0.39 is 5.60 Å². The average Bonchev–Trinajstić information content (AvgIpc) is 2.74. The standard InChI is InChI=1S/C14H29NO2/c1-5-14(16,6-2)11-15-8-7-13(9-15)17-10-12(3)4/h12-13,16H,5-11H2,1-4H3. The molecular weight excluding hydrogens is 214 g/mol. The first-order valence-corrected chi connectivity index (χ1v) is 7.05. The molecule has 0 saturated carbocycles. The van der Waals surface area contributed by atoms with E-state index in [-0.39, 0.29) is 0 Å². The number of nitrogens with zero attached hydrogens (tertiary/aromatic N) is 1. The highest BCUT2D eigenvalue weighted by molar-refractivity contribution is 4.84. The van der Waals surface area contributed by atoms with Crippen molar-refractivity contribution in [3.8, 4) is 0 Å². The van der Waals surface area contributed by atoms with Gasteiger partial charge >= 0.3 is 0 Å². The second-order valence-electron chi connectivity index (χ2n) is 5.80. The van der Waals surface area contributed by atoms with Gasteiger partial charge in [-0.2, -0.15) is 0 Å². The molecule has 0 spiro atoms. The summed E-state index contributed by atoms with van der Waals surface area (Å²) >= 11 is 0. The van der Waals surface area contributed by atoms with Crippen molar-refractivity contribution in [3.63, 3.8) is 0 Å². The predicted octanol–water partition coefficient (Wildman–Crippen LogP) is 2.28. The molecule has 0 aromatic carbocycles. The molecule has 1 atom stereocenters. The lowest BCUT2D eigenvalue weighted by molar-refractivity contribution is -0.00610. The van der Waals surface area contributed by atoms with E-state index in [4.69, 9.17) is 4.74 Å². The summed E-state index contributed by atoms with van der Waals surface area (Å²) in [7, 11) is 0. The summed E-state index contributed by atoms with van der Waals surface area (Å²) in [5.74, 6) is 0.604. The van der Waals surface area contributed by atoms with E-state index in [1.165, 1.54) is 0 Å². The first kappa shape index (κ1) is 14.9. The highest BCUT2D eigenvalue weighted by Crippen LogP contribution is 2.21. The zero-order valence-electron chi connectivity index (χ0n) is 11.9. The Morgan fingerprint density at radius 3 is 2.53 bits per heavy atom. The molecule has 102 valence electrons. The van der Waals surface area contributed by atoms with Gasteiger partial charge in [0.05, 0.1) is 11.7 Å². The van der Waals surface area contributed by atoms with Gasteiger partial charge < -0.3 is 9.84 Å². The van der Waals surface area contributed by atoms with Crippen LogP contribution in [0.25, 0.3) is 0 Å². The Morgan fingerprint density at radius 2 is 2.00 bits per heavy atom. The zero-order valence-corrected chi connectivity index (χ0v) is 11.9. The lowest BCUT2D eigenvalue weighted by Crippen LogP contribution is -2.41. The first-order chi connectivity index (χ1) is 7.99. The Bertz CT molecular complexity index is 214. The van der Waals surface area contributed by atoms with Crippen molar-refractivity contribution in [1.82, 2.24) is 4.90 Å². The Balaban J connectivity index is 2.30. The summed E-state index contributed by atoms with van der Waals surface area (Å²) in [6.07, 6.45) is 3.14. The Kier molecular flexibility index (Phi) is 5.90. The summed E-state index contributed by atoms with van der Waals surface area (Å²) in [6, 6.07) is 0. The minimum Gasteiger partial charge on any atom is -0.389 e. The number of likely N-dealkylation sites (tertiary alicyclic amines) is 1. The normalized spacial score (nSPS) is 22.6. The van der Waals surface area contributed by atoms with Gasteiger partial charge in [-0.25, -0.2) is 0 Å². The summed E-state index contributed by atoms with van der Waals surface area (Å²) in [5.41, 5.74) is -0.507. The smallest absolute Gasteiger partial charge is 0.0768 e. The van der Waals surface area contributed by atoms with E-state index >= 15 is 0 Å². The zero-order chi connectivity index (χ0) is 12.9. The predicted molar refractivity (Wildman–Crippen MR) is 71.2 cm³/mol. The van der Waals surface area contributed by atoms with Gasteiger partial charge in [-0.3, -0.25) is 4.90 Å².